The Kier molecular flexibility index (Phi) is 4.26. The van der Waals surface area contributed by atoms with Gasteiger partial charge in [-0.3, -0.25) is 0 Å². The van der Waals surface area contributed by atoms with Crippen LogP contribution in [0.5, 0.6) is 0 Å². The minimum absolute atomic E-state index is 0.127. The first-order valence-electron chi connectivity index (χ1n) is 5.48. The van der Waals surface area contributed by atoms with Crippen molar-refractivity contribution >= 4 is 27.7 Å². The lowest BCUT2D eigenvalue weighted by Crippen LogP contribution is -2.06. The van der Waals surface area contributed by atoms with E-state index < -0.39 is 11.6 Å². The number of nitrogens with one attached hydrogen (secondary N) is 2. The summed E-state index contributed by atoms with van der Waals surface area (Å²) < 4.78 is 27.1. The lowest BCUT2D eigenvalue weighted by Gasteiger charge is -2.09. The van der Waals surface area contributed by atoms with Gasteiger partial charge in [0.25, 0.3) is 0 Å². The number of hydrogen-bond acceptors (Lipinski definition) is 4. The van der Waals surface area contributed by atoms with Crippen LogP contribution in [0.2, 0.25) is 0 Å². The second kappa shape index (κ2) is 5.92. The molecule has 19 heavy (non-hydrogen) atoms. The van der Waals surface area contributed by atoms with Crippen molar-refractivity contribution in [3.05, 3.63) is 46.1 Å². The third-order valence-corrected chi connectivity index (χ3v) is 3.00. The molecule has 1 aromatic carbocycles. The molecule has 0 radical (unpaired) electrons. The van der Waals surface area contributed by atoms with E-state index in [0.29, 0.717) is 16.2 Å². The minimum Gasteiger partial charge on any atom is -0.365 e. The highest BCUT2D eigenvalue weighted by atomic mass is 79.9. The molecule has 1 aromatic heterocycles. The lowest BCUT2D eigenvalue weighted by molar-refractivity contribution is 0.587. The second-order valence-corrected chi connectivity index (χ2v) is 4.58. The fourth-order valence-corrected chi connectivity index (χ4v) is 1.80. The van der Waals surface area contributed by atoms with Crippen molar-refractivity contribution in [2.45, 2.75) is 6.54 Å². The summed E-state index contributed by atoms with van der Waals surface area (Å²) in [5.41, 5.74) is 0.233. The molecule has 0 amide bonds. The third-order valence-electron chi connectivity index (χ3n) is 2.42. The topological polar surface area (TPSA) is 49.8 Å². The van der Waals surface area contributed by atoms with Gasteiger partial charge in [0.2, 0.25) is 5.95 Å². The van der Waals surface area contributed by atoms with E-state index in [1.807, 2.05) is 0 Å². The van der Waals surface area contributed by atoms with Crippen LogP contribution in [0.3, 0.4) is 0 Å². The monoisotopic (exact) mass is 328 g/mol. The van der Waals surface area contributed by atoms with Gasteiger partial charge in [-0.1, -0.05) is 0 Å². The highest BCUT2D eigenvalue weighted by molar-refractivity contribution is 9.10. The molecule has 0 saturated heterocycles. The van der Waals surface area contributed by atoms with E-state index in [-0.39, 0.29) is 12.1 Å². The fraction of sp³-hybridized carbons (Fsp3) is 0.167. The van der Waals surface area contributed by atoms with Crippen molar-refractivity contribution in [3.63, 3.8) is 0 Å². The van der Waals surface area contributed by atoms with Gasteiger partial charge in [0, 0.05) is 25.4 Å². The molecule has 0 spiro atoms. The van der Waals surface area contributed by atoms with Crippen molar-refractivity contribution in [2.24, 2.45) is 0 Å². The first-order chi connectivity index (χ1) is 9.10. The van der Waals surface area contributed by atoms with Gasteiger partial charge in [-0.15, -0.1) is 0 Å². The summed E-state index contributed by atoms with van der Waals surface area (Å²) in [7, 11) is 1.69. The van der Waals surface area contributed by atoms with Crippen LogP contribution in [0, 0.1) is 11.6 Å². The van der Waals surface area contributed by atoms with Gasteiger partial charge in [0.1, 0.15) is 17.5 Å². The maximum Gasteiger partial charge on any atom is 0.224 e. The SMILES string of the molecule is CNc1ncc(Br)c(NCc2cc(F)ccc2F)n1. The lowest BCUT2D eigenvalue weighted by atomic mass is 10.2. The maximum absolute atomic E-state index is 13.5. The summed E-state index contributed by atoms with van der Waals surface area (Å²) in [6, 6.07) is 3.33. The molecule has 2 rings (SSSR count). The van der Waals surface area contributed by atoms with Gasteiger partial charge in [-0.2, -0.15) is 4.98 Å². The molecular formula is C12H11BrF2N4. The average molecular weight is 329 g/mol. The Bertz CT molecular complexity index is 592. The van der Waals surface area contributed by atoms with E-state index in [1.54, 1.807) is 13.2 Å². The standard InChI is InChI=1S/C12H11BrF2N4/c1-16-12-18-6-9(13)11(19-12)17-5-7-4-8(14)2-3-10(7)15/h2-4,6H,5H2,1H3,(H2,16,17,18,19). The molecule has 7 heteroatoms. The number of halogens is 3. The Morgan fingerprint density at radius 3 is 2.84 bits per heavy atom. The zero-order valence-corrected chi connectivity index (χ0v) is 11.6. The quantitative estimate of drug-likeness (QED) is 0.905. The molecule has 1 heterocycles. The van der Waals surface area contributed by atoms with Crippen LogP contribution in [-0.4, -0.2) is 17.0 Å². The van der Waals surface area contributed by atoms with Gasteiger partial charge < -0.3 is 10.6 Å². The Morgan fingerprint density at radius 2 is 2.11 bits per heavy atom. The predicted octanol–water partition coefficient (Wildman–Crippen LogP) is 3.17. The Balaban J connectivity index is 2.16. The maximum atomic E-state index is 13.5. The Hall–Kier alpha value is -1.76. The molecule has 2 aromatic rings. The number of benzene rings is 1. The van der Waals surface area contributed by atoms with Crippen LogP contribution < -0.4 is 10.6 Å². The first-order valence-corrected chi connectivity index (χ1v) is 6.27. The molecule has 100 valence electrons. The summed E-state index contributed by atoms with van der Waals surface area (Å²) >= 11 is 3.28. The van der Waals surface area contributed by atoms with Crippen molar-refractivity contribution in [1.29, 1.82) is 0 Å². The van der Waals surface area contributed by atoms with Crippen molar-refractivity contribution in [2.75, 3.05) is 17.7 Å². The van der Waals surface area contributed by atoms with E-state index in [9.17, 15) is 8.78 Å². The number of aromatic nitrogens is 2. The van der Waals surface area contributed by atoms with Crippen LogP contribution in [0.15, 0.2) is 28.9 Å². The van der Waals surface area contributed by atoms with Crippen molar-refractivity contribution < 1.29 is 8.78 Å². The molecule has 0 atom stereocenters. The molecule has 0 aliphatic carbocycles. The highest BCUT2D eigenvalue weighted by Gasteiger charge is 2.07. The van der Waals surface area contributed by atoms with Crippen LogP contribution in [0.1, 0.15) is 5.56 Å². The molecule has 0 bridgehead atoms. The minimum atomic E-state index is -0.476. The summed E-state index contributed by atoms with van der Waals surface area (Å²) in [5.74, 6) is -0.00258. The molecule has 0 aliphatic heterocycles. The highest BCUT2D eigenvalue weighted by Crippen LogP contribution is 2.21. The van der Waals surface area contributed by atoms with Crippen LogP contribution in [0.4, 0.5) is 20.5 Å². The second-order valence-electron chi connectivity index (χ2n) is 3.73. The Labute approximate surface area is 117 Å². The molecule has 0 unspecified atom stereocenters. The van der Waals surface area contributed by atoms with Crippen LogP contribution >= 0.6 is 15.9 Å². The predicted molar refractivity (Wildman–Crippen MR) is 73.0 cm³/mol. The average Bonchev–Trinajstić information content (AvgIpc) is 2.41. The van der Waals surface area contributed by atoms with Gasteiger partial charge in [-0.25, -0.2) is 13.8 Å². The van der Waals surface area contributed by atoms with E-state index in [0.717, 1.165) is 18.2 Å². The number of nitrogens with zero attached hydrogens (tertiary/aromatic N) is 2. The first kappa shape index (κ1) is 13.7. The van der Waals surface area contributed by atoms with E-state index in [4.69, 9.17) is 0 Å². The summed E-state index contributed by atoms with van der Waals surface area (Å²) in [6.45, 7) is 0.127. The number of rotatable bonds is 4. The zero-order valence-electron chi connectivity index (χ0n) is 10.0. The zero-order chi connectivity index (χ0) is 13.8. The van der Waals surface area contributed by atoms with Gasteiger partial charge >= 0.3 is 0 Å². The largest absolute Gasteiger partial charge is 0.365 e. The van der Waals surface area contributed by atoms with E-state index in [2.05, 4.69) is 36.5 Å². The van der Waals surface area contributed by atoms with Gasteiger partial charge in [-0.05, 0) is 34.1 Å². The molecule has 2 N–H and O–H groups in total. The molecule has 4 nitrogen and oxygen atoms in total. The summed E-state index contributed by atoms with van der Waals surface area (Å²) in [5, 5.41) is 5.72. The van der Waals surface area contributed by atoms with Crippen molar-refractivity contribution in [1.82, 2.24) is 9.97 Å². The van der Waals surface area contributed by atoms with Crippen LogP contribution in [-0.2, 0) is 6.54 Å². The number of anilines is 2. The molecule has 0 saturated carbocycles. The number of hydrogen-bond donors (Lipinski definition) is 2. The van der Waals surface area contributed by atoms with E-state index in [1.165, 1.54) is 0 Å². The molecule has 0 aliphatic rings. The molecule has 0 fully saturated rings. The van der Waals surface area contributed by atoms with Crippen molar-refractivity contribution in [3.8, 4) is 0 Å². The smallest absolute Gasteiger partial charge is 0.224 e. The summed E-state index contributed by atoms with van der Waals surface area (Å²) in [4.78, 5) is 8.16. The summed E-state index contributed by atoms with van der Waals surface area (Å²) in [6.07, 6.45) is 1.57. The molecular weight excluding hydrogens is 318 g/mol. The van der Waals surface area contributed by atoms with Gasteiger partial charge in [0.05, 0.1) is 4.47 Å². The van der Waals surface area contributed by atoms with Crippen LogP contribution in [0.25, 0.3) is 0 Å². The van der Waals surface area contributed by atoms with Gasteiger partial charge in [0.15, 0.2) is 0 Å². The third kappa shape index (κ3) is 3.37. The van der Waals surface area contributed by atoms with E-state index >= 15 is 0 Å². The Morgan fingerprint density at radius 1 is 1.32 bits per heavy atom. The normalized spacial score (nSPS) is 10.3. The fourth-order valence-electron chi connectivity index (χ4n) is 1.47.